The molecule has 1 aliphatic heterocycles. The lowest BCUT2D eigenvalue weighted by molar-refractivity contribution is 0.0900. The first-order chi connectivity index (χ1) is 13.6. The summed E-state index contributed by atoms with van der Waals surface area (Å²) in [5.41, 5.74) is 1.16. The summed E-state index contributed by atoms with van der Waals surface area (Å²) in [6.07, 6.45) is 1.86. The van der Waals surface area contributed by atoms with E-state index in [4.69, 9.17) is 0 Å². The summed E-state index contributed by atoms with van der Waals surface area (Å²) in [6, 6.07) is 12.4. The summed E-state index contributed by atoms with van der Waals surface area (Å²) in [5.74, 6) is -0.571. The minimum atomic E-state index is -0.339. The molecule has 1 saturated heterocycles. The molecule has 0 atom stereocenters. The van der Waals surface area contributed by atoms with Crippen LogP contribution in [0.2, 0.25) is 0 Å². The van der Waals surface area contributed by atoms with E-state index in [1.807, 2.05) is 6.07 Å². The van der Waals surface area contributed by atoms with Crippen LogP contribution >= 0.6 is 11.3 Å². The van der Waals surface area contributed by atoms with E-state index in [0.717, 1.165) is 23.0 Å². The highest BCUT2D eigenvalue weighted by atomic mass is 32.1. The van der Waals surface area contributed by atoms with Crippen molar-refractivity contribution in [3.05, 3.63) is 76.3 Å². The smallest absolute Gasteiger partial charge is 0.208 e. The lowest BCUT2D eigenvalue weighted by Crippen LogP contribution is -2.36. The second-order valence-electron chi connectivity index (χ2n) is 6.88. The standard InChI is InChI=1S/C21H19F2N3OS/c22-17-7-5-14(6-8-17)20(27)15-9-11-26(12-10-15)21-25-24-19(28-21)13-16-3-1-2-4-18(16)23/h1-8,15H,9-13H2. The first-order valence-corrected chi connectivity index (χ1v) is 10.0. The van der Waals surface area contributed by atoms with Gasteiger partial charge in [0, 0.05) is 31.0 Å². The SMILES string of the molecule is O=C(c1ccc(F)cc1)C1CCN(c2nnc(Cc3ccccc3F)s2)CC1. The molecule has 0 aliphatic carbocycles. The molecule has 0 spiro atoms. The first kappa shape index (κ1) is 18.7. The molecule has 0 N–H and O–H groups in total. The van der Waals surface area contributed by atoms with Gasteiger partial charge in [-0.2, -0.15) is 0 Å². The number of piperidine rings is 1. The predicted molar refractivity (Wildman–Crippen MR) is 105 cm³/mol. The van der Waals surface area contributed by atoms with Gasteiger partial charge in [-0.1, -0.05) is 29.5 Å². The van der Waals surface area contributed by atoms with Gasteiger partial charge in [-0.05, 0) is 48.7 Å². The Labute approximate surface area is 165 Å². The molecule has 1 aliphatic rings. The molecule has 0 unspecified atom stereocenters. The third-order valence-electron chi connectivity index (χ3n) is 5.02. The normalized spacial score (nSPS) is 15.0. The molecule has 0 saturated carbocycles. The van der Waals surface area contributed by atoms with E-state index in [-0.39, 0.29) is 23.3 Å². The van der Waals surface area contributed by atoms with Gasteiger partial charge in [0.2, 0.25) is 5.13 Å². The summed E-state index contributed by atoms with van der Waals surface area (Å²) in [5, 5.41) is 10.0. The van der Waals surface area contributed by atoms with Crippen molar-refractivity contribution in [1.29, 1.82) is 0 Å². The Bertz CT molecular complexity index is 966. The van der Waals surface area contributed by atoms with Crippen molar-refractivity contribution in [3.8, 4) is 0 Å². The molecule has 0 radical (unpaired) electrons. The molecule has 144 valence electrons. The van der Waals surface area contributed by atoms with Gasteiger partial charge in [0.05, 0.1) is 0 Å². The summed E-state index contributed by atoms with van der Waals surface area (Å²) in [4.78, 5) is 14.7. The summed E-state index contributed by atoms with van der Waals surface area (Å²) >= 11 is 1.46. The maximum atomic E-state index is 13.8. The zero-order valence-electron chi connectivity index (χ0n) is 15.1. The highest BCUT2D eigenvalue weighted by Crippen LogP contribution is 2.29. The number of nitrogens with zero attached hydrogens (tertiary/aromatic N) is 3. The molecule has 28 heavy (non-hydrogen) atoms. The van der Waals surface area contributed by atoms with Crippen molar-refractivity contribution in [1.82, 2.24) is 10.2 Å². The van der Waals surface area contributed by atoms with Crippen molar-refractivity contribution >= 4 is 22.3 Å². The number of hydrogen-bond acceptors (Lipinski definition) is 5. The van der Waals surface area contributed by atoms with E-state index in [1.54, 1.807) is 24.3 Å². The quantitative estimate of drug-likeness (QED) is 0.593. The lowest BCUT2D eigenvalue weighted by atomic mass is 9.89. The minimum Gasteiger partial charge on any atom is -0.347 e. The predicted octanol–water partition coefficient (Wildman–Crippen LogP) is 4.51. The van der Waals surface area contributed by atoms with Crippen LogP contribution in [0.4, 0.5) is 13.9 Å². The zero-order valence-corrected chi connectivity index (χ0v) is 16.0. The molecule has 4 rings (SSSR count). The van der Waals surface area contributed by atoms with Gasteiger partial charge in [0.25, 0.3) is 0 Å². The molecular formula is C21H19F2N3OS. The molecule has 2 aromatic carbocycles. The highest BCUT2D eigenvalue weighted by molar-refractivity contribution is 7.15. The van der Waals surface area contributed by atoms with Crippen LogP contribution in [-0.2, 0) is 6.42 Å². The molecule has 3 aromatic rings. The van der Waals surface area contributed by atoms with Gasteiger partial charge in [0.15, 0.2) is 5.78 Å². The van der Waals surface area contributed by atoms with Crippen LogP contribution in [0.1, 0.15) is 33.8 Å². The molecule has 1 fully saturated rings. The van der Waals surface area contributed by atoms with Gasteiger partial charge in [-0.15, -0.1) is 10.2 Å². The Balaban J connectivity index is 1.36. The fourth-order valence-electron chi connectivity index (χ4n) is 3.43. The monoisotopic (exact) mass is 399 g/mol. The maximum Gasteiger partial charge on any atom is 0.208 e. The number of carbonyl (C=O) groups is 1. The number of ketones is 1. The highest BCUT2D eigenvalue weighted by Gasteiger charge is 2.27. The zero-order chi connectivity index (χ0) is 19.5. The van der Waals surface area contributed by atoms with Gasteiger partial charge in [0.1, 0.15) is 16.6 Å². The second-order valence-corrected chi connectivity index (χ2v) is 7.92. The number of aromatic nitrogens is 2. The number of anilines is 1. The number of hydrogen-bond donors (Lipinski definition) is 0. The lowest BCUT2D eigenvalue weighted by Gasteiger charge is -2.30. The Morgan fingerprint density at radius 2 is 1.75 bits per heavy atom. The van der Waals surface area contributed by atoms with Gasteiger partial charge >= 0.3 is 0 Å². The van der Waals surface area contributed by atoms with Crippen LogP contribution in [-0.4, -0.2) is 29.1 Å². The number of halogens is 2. The van der Waals surface area contributed by atoms with E-state index in [1.165, 1.54) is 29.5 Å². The van der Waals surface area contributed by atoms with Crippen LogP contribution in [0.25, 0.3) is 0 Å². The minimum absolute atomic E-state index is 0.0625. The van der Waals surface area contributed by atoms with Crippen molar-refractivity contribution in [2.45, 2.75) is 19.3 Å². The number of rotatable bonds is 5. The molecule has 2 heterocycles. The van der Waals surface area contributed by atoms with Crippen molar-refractivity contribution < 1.29 is 13.6 Å². The number of carbonyl (C=O) groups excluding carboxylic acids is 1. The largest absolute Gasteiger partial charge is 0.347 e. The van der Waals surface area contributed by atoms with Crippen molar-refractivity contribution in [2.24, 2.45) is 5.92 Å². The van der Waals surface area contributed by atoms with Crippen LogP contribution in [0.3, 0.4) is 0 Å². The Kier molecular flexibility index (Phi) is 5.43. The van der Waals surface area contributed by atoms with Gasteiger partial charge in [-0.25, -0.2) is 8.78 Å². The fourth-order valence-corrected chi connectivity index (χ4v) is 4.34. The molecule has 7 heteroatoms. The third kappa shape index (κ3) is 4.09. The van der Waals surface area contributed by atoms with E-state index >= 15 is 0 Å². The molecule has 0 bridgehead atoms. The average molecular weight is 399 g/mol. The third-order valence-corrected chi connectivity index (χ3v) is 6.00. The Hall–Kier alpha value is -2.67. The number of Topliss-reactive ketones (excluding diaryl/α,β-unsaturated/α-hetero) is 1. The number of benzene rings is 2. The molecule has 4 nitrogen and oxygen atoms in total. The Morgan fingerprint density at radius 1 is 1.04 bits per heavy atom. The van der Waals surface area contributed by atoms with Gasteiger partial charge < -0.3 is 4.90 Å². The molecule has 0 amide bonds. The molecule has 1 aromatic heterocycles. The Morgan fingerprint density at radius 3 is 2.46 bits per heavy atom. The van der Waals surface area contributed by atoms with E-state index in [9.17, 15) is 13.6 Å². The summed E-state index contributed by atoms with van der Waals surface area (Å²) in [6.45, 7) is 1.43. The summed E-state index contributed by atoms with van der Waals surface area (Å²) < 4.78 is 26.9. The average Bonchev–Trinajstić information content (AvgIpc) is 3.18. The maximum absolute atomic E-state index is 13.8. The van der Waals surface area contributed by atoms with E-state index < -0.39 is 0 Å². The van der Waals surface area contributed by atoms with E-state index in [2.05, 4.69) is 15.1 Å². The van der Waals surface area contributed by atoms with Crippen molar-refractivity contribution in [2.75, 3.05) is 18.0 Å². The van der Waals surface area contributed by atoms with Gasteiger partial charge in [-0.3, -0.25) is 4.79 Å². The topological polar surface area (TPSA) is 46.1 Å². The van der Waals surface area contributed by atoms with Crippen molar-refractivity contribution in [3.63, 3.8) is 0 Å². The molecular weight excluding hydrogens is 380 g/mol. The van der Waals surface area contributed by atoms with Crippen LogP contribution < -0.4 is 4.90 Å². The van der Waals surface area contributed by atoms with Crippen LogP contribution in [0.15, 0.2) is 48.5 Å². The second kappa shape index (κ2) is 8.14. The fraction of sp³-hybridized carbons (Fsp3) is 0.286. The van der Waals surface area contributed by atoms with E-state index in [0.29, 0.717) is 30.6 Å². The first-order valence-electron chi connectivity index (χ1n) is 9.20. The summed E-state index contributed by atoms with van der Waals surface area (Å²) in [7, 11) is 0. The van der Waals surface area contributed by atoms with Crippen LogP contribution in [0.5, 0.6) is 0 Å². The van der Waals surface area contributed by atoms with Crippen LogP contribution in [0, 0.1) is 17.6 Å².